The SMILES string of the molecule is N#CC(Cl)(Cc1ccccc1)C(=O)O. The summed E-state index contributed by atoms with van der Waals surface area (Å²) < 4.78 is 0. The highest BCUT2D eigenvalue weighted by Crippen LogP contribution is 2.20. The van der Waals surface area contributed by atoms with E-state index in [2.05, 4.69) is 0 Å². The molecule has 0 amide bonds. The lowest BCUT2D eigenvalue weighted by atomic mass is 10.0. The minimum atomic E-state index is -1.86. The van der Waals surface area contributed by atoms with Crippen LogP contribution in [-0.4, -0.2) is 16.0 Å². The van der Waals surface area contributed by atoms with E-state index in [4.69, 9.17) is 22.0 Å². The molecule has 1 atom stereocenters. The average molecular weight is 210 g/mol. The molecule has 0 bridgehead atoms. The summed E-state index contributed by atoms with van der Waals surface area (Å²) in [6, 6.07) is 10.4. The fourth-order valence-electron chi connectivity index (χ4n) is 1.04. The standard InChI is InChI=1S/C10H8ClNO2/c11-10(7-12,9(13)14)6-8-4-2-1-3-5-8/h1-5H,6H2,(H,13,14). The lowest BCUT2D eigenvalue weighted by Gasteiger charge is -2.12. The Morgan fingerprint density at radius 3 is 2.50 bits per heavy atom. The van der Waals surface area contributed by atoms with E-state index in [1.165, 1.54) is 0 Å². The van der Waals surface area contributed by atoms with Crippen molar-refractivity contribution in [1.82, 2.24) is 0 Å². The maximum Gasteiger partial charge on any atom is 0.339 e. The molecule has 0 aliphatic carbocycles. The molecule has 1 aromatic carbocycles. The smallest absolute Gasteiger partial charge is 0.339 e. The molecule has 72 valence electrons. The molecule has 1 aromatic rings. The molecule has 1 rings (SSSR count). The van der Waals surface area contributed by atoms with E-state index in [0.717, 1.165) is 5.56 Å². The predicted molar refractivity (Wildman–Crippen MR) is 52.0 cm³/mol. The first-order valence-electron chi connectivity index (χ1n) is 3.96. The second-order valence-electron chi connectivity index (χ2n) is 2.88. The third-order valence-electron chi connectivity index (χ3n) is 1.81. The minimum Gasteiger partial charge on any atom is -0.479 e. The first-order valence-corrected chi connectivity index (χ1v) is 4.34. The zero-order valence-electron chi connectivity index (χ0n) is 7.27. The van der Waals surface area contributed by atoms with Gasteiger partial charge in [0.2, 0.25) is 4.87 Å². The van der Waals surface area contributed by atoms with Gasteiger partial charge in [0.25, 0.3) is 0 Å². The molecule has 0 aliphatic heterocycles. The van der Waals surface area contributed by atoms with E-state index in [1.807, 2.05) is 6.07 Å². The monoisotopic (exact) mass is 209 g/mol. The summed E-state index contributed by atoms with van der Waals surface area (Å²) in [6.07, 6.45) is 0.00122. The Morgan fingerprint density at radius 1 is 1.50 bits per heavy atom. The highest BCUT2D eigenvalue weighted by molar-refractivity contribution is 6.36. The van der Waals surface area contributed by atoms with Gasteiger partial charge in [0.15, 0.2) is 0 Å². The molecule has 0 aromatic heterocycles. The van der Waals surface area contributed by atoms with E-state index in [0.29, 0.717) is 0 Å². The van der Waals surface area contributed by atoms with Crippen molar-refractivity contribution in [2.75, 3.05) is 0 Å². The van der Waals surface area contributed by atoms with E-state index in [9.17, 15) is 4.79 Å². The van der Waals surface area contributed by atoms with Gasteiger partial charge in [0.1, 0.15) is 0 Å². The molecule has 3 nitrogen and oxygen atoms in total. The summed E-state index contributed by atoms with van der Waals surface area (Å²) in [5.41, 5.74) is 0.728. The van der Waals surface area contributed by atoms with Crippen LogP contribution in [0.3, 0.4) is 0 Å². The first-order chi connectivity index (χ1) is 6.58. The molecule has 0 fully saturated rings. The van der Waals surface area contributed by atoms with Gasteiger partial charge in [-0.2, -0.15) is 5.26 Å². The number of aliphatic carboxylic acids is 1. The summed E-state index contributed by atoms with van der Waals surface area (Å²) in [4.78, 5) is 8.84. The Labute approximate surface area is 86.5 Å². The van der Waals surface area contributed by atoms with E-state index < -0.39 is 10.8 Å². The summed E-state index contributed by atoms with van der Waals surface area (Å²) in [5, 5.41) is 17.4. The summed E-state index contributed by atoms with van der Waals surface area (Å²) in [5.74, 6) is -1.31. The van der Waals surface area contributed by atoms with Crippen molar-refractivity contribution in [3.63, 3.8) is 0 Å². The number of halogens is 1. The van der Waals surface area contributed by atoms with Crippen molar-refractivity contribution in [2.24, 2.45) is 0 Å². The normalized spacial score (nSPS) is 14.0. The van der Waals surface area contributed by atoms with Gasteiger partial charge < -0.3 is 5.11 Å². The van der Waals surface area contributed by atoms with Crippen molar-refractivity contribution in [1.29, 1.82) is 5.26 Å². The topological polar surface area (TPSA) is 61.1 Å². The Bertz CT molecular complexity index is 371. The molecule has 14 heavy (non-hydrogen) atoms. The van der Waals surface area contributed by atoms with Crippen LogP contribution in [0.5, 0.6) is 0 Å². The molecule has 4 heteroatoms. The number of rotatable bonds is 3. The molecule has 1 N–H and O–H groups in total. The van der Waals surface area contributed by atoms with E-state index in [1.54, 1.807) is 30.3 Å². The molecular weight excluding hydrogens is 202 g/mol. The average Bonchev–Trinajstić information content (AvgIpc) is 2.19. The molecule has 1 unspecified atom stereocenters. The first kappa shape index (κ1) is 10.6. The highest BCUT2D eigenvalue weighted by atomic mass is 35.5. The number of benzene rings is 1. The van der Waals surface area contributed by atoms with Crippen LogP contribution in [-0.2, 0) is 11.2 Å². The van der Waals surface area contributed by atoms with Gasteiger partial charge in [-0.1, -0.05) is 41.9 Å². The predicted octanol–water partition coefficient (Wildman–Crippen LogP) is 1.81. The summed E-state index contributed by atoms with van der Waals surface area (Å²) >= 11 is 5.63. The van der Waals surface area contributed by atoms with Crippen LogP contribution in [0, 0.1) is 11.3 Å². The van der Waals surface area contributed by atoms with Crippen LogP contribution >= 0.6 is 11.6 Å². The second kappa shape index (κ2) is 4.12. The van der Waals surface area contributed by atoms with Crippen molar-refractivity contribution in [2.45, 2.75) is 11.3 Å². The quantitative estimate of drug-likeness (QED) is 0.773. The zero-order chi connectivity index (χ0) is 10.6. The maximum absolute atomic E-state index is 10.7. The van der Waals surface area contributed by atoms with Gasteiger partial charge in [-0.05, 0) is 5.56 Å². The van der Waals surface area contributed by atoms with Crippen molar-refractivity contribution < 1.29 is 9.90 Å². The van der Waals surface area contributed by atoms with Crippen LogP contribution in [0.4, 0.5) is 0 Å². The minimum absolute atomic E-state index is 0.00122. The Balaban J connectivity index is 2.88. The lowest BCUT2D eigenvalue weighted by Crippen LogP contribution is -2.32. The number of hydrogen-bond acceptors (Lipinski definition) is 2. The number of nitrogens with zero attached hydrogens (tertiary/aromatic N) is 1. The van der Waals surface area contributed by atoms with Crippen LogP contribution < -0.4 is 0 Å². The third kappa shape index (κ3) is 2.24. The van der Waals surface area contributed by atoms with Crippen LogP contribution in [0.1, 0.15) is 5.56 Å². The van der Waals surface area contributed by atoms with Crippen molar-refractivity contribution in [3.8, 4) is 6.07 Å². The number of carbonyl (C=O) groups is 1. The number of nitriles is 1. The number of hydrogen-bond donors (Lipinski definition) is 1. The fraction of sp³-hybridized carbons (Fsp3) is 0.200. The summed E-state index contributed by atoms with van der Waals surface area (Å²) in [7, 11) is 0. The van der Waals surface area contributed by atoms with Gasteiger partial charge in [0, 0.05) is 6.42 Å². The Hall–Kier alpha value is -1.53. The molecular formula is C10H8ClNO2. The second-order valence-corrected chi connectivity index (χ2v) is 3.53. The van der Waals surface area contributed by atoms with E-state index >= 15 is 0 Å². The van der Waals surface area contributed by atoms with Gasteiger partial charge in [-0.3, -0.25) is 0 Å². The van der Waals surface area contributed by atoms with Crippen LogP contribution in [0.2, 0.25) is 0 Å². The molecule has 0 spiro atoms. The van der Waals surface area contributed by atoms with Crippen molar-refractivity contribution >= 4 is 17.6 Å². The van der Waals surface area contributed by atoms with Gasteiger partial charge in [-0.25, -0.2) is 4.79 Å². The molecule has 0 heterocycles. The number of carboxylic acids is 1. The van der Waals surface area contributed by atoms with Crippen LogP contribution in [0.25, 0.3) is 0 Å². The van der Waals surface area contributed by atoms with Gasteiger partial charge >= 0.3 is 5.97 Å². The largest absolute Gasteiger partial charge is 0.479 e. The van der Waals surface area contributed by atoms with E-state index in [-0.39, 0.29) is 6.42 Å². The Kier molecular flexibility index (Phi) is 3.10. The molecule has 0 saturated carbocycles. The van der Waals surface area contributed by atoms with Gasteiger partial charge in [-0.15, -0.1) is 0 Å². The molecule has 0 aliphatic rings. The lowest BCUT2D eigenvalue weighted by molar-refractivity contribution is -0.138. The number of alkyl halides is 1. The number of carboxylic acid groups (broad SMARTS) is 1. The van der Waals surface area contributed by atoms with Crippen LogP contribution in [0.15, 0.2) is 30.3 Å². The van der Waals surface area contributed by atoms with Crippen molar-refractivity contribution in [3.05, 3.63) is 35.9 Å². The molecule has 0 saturated heterocycles. The molecule has 0 radical (unpaired) electrons. The maximum atomic E-state index is 10.7. The fourth-order valence-corrected chi connectivity index (χ4v) is 1.19. The highest BCUT2D eigenvalue weighted by Gasteiger charge is 2.36. The Morgan fingerprint density at radius 2 is 2.07 bits per heavy atom. The summed E-state index contributed by atoms with van der Waals surface area (Å²) in [6.45, 7) is 0. The zero-order valence-corrected chi connectivity index (χ0v) is 8.03. The third-order valence-corrected chi connectivity index (χ3v) is 2.19. The van der Waals surface area contributed by atoms with Gasteiger partial charge in [0.05, 0.1) is 6.07 Å².